The summed E-state index contributed by atoms with van der Waals surface area (Å²) in [7, 11) is 0. The number of ether oxygens (including phenoxy) is 1. The second kappa shape index (κ2) is 6.41. The van der Waals surface area contributed by atoms with E-state index in [0.717, 1.165) is 0 Å². The molecular formula is C12H13N5O3. The third-order valence-corrected chi connectivity index (χ3v) is 2.36. The topological polar surface area (TPSA) is 110 Å². The normalized spacial score (nSPS) is 11.7. The van der Waals surface area contributed by atoms with Crippen molar-refractivity contribution in [3.8, 4) is 5.88 Å². The third kappa shape index (κ3) is 3.87. The molecule has 8 nitrogen and oxygen atoms in total. The summed E-state index contributed by atoms with van der Waals surface area (Å²) in [5.41, 5.74) is 0.432. The maximum absolute atomic E-state index is 11.6. The van der Waals surface area contributed by atoms with Gasteiger partial charge < -0.3 is 15.2 Å². The second-order valence-corrected chi connectivity index (χ2v) is 3.93. The Balaban J connectivity index is 1.82. The molecule has 2 rings (SSSR count). The summed E-state index contributed by atoms with van der Waals surface area (Å²) >= 11 is 0. The van der Waals surface area contributed by atoms with E-state index < -0.39 is 6.09 Å². The molecule has 0 aliphatic heterocycles. The SMILES string of the molecule is CC(NC(=O)OCc1ccc(O)nn1)c1ncccn1. The molecule has 0 saturated heterocycles. The average molecular weight is 275 g/mol. The lowest BCUT2D eigenvalue weighted by molar-refractivity contribution is 0.134. The van der Waals surface area contributed by atoms with Crippen LogP contribution in [0.4, 0.5) is 4.79 Å². The van der Waals surface area contributed by atoms with Crippen molar-refractivity contribution in [2.45, 2.75) is 19.6 Å². The summed E-state index contributed by atoms with van der Waals surface area (Å²) in [5.74, 6) is 0.307. The number of carbonyl (C=O) groups is 1. The fraction of sp³-hybridized carbons (Fsp3) is 0.250. The Hall–Kier alpha value is -2.77. The number of rotatable bonds is 4. The molecule has 0 radical (unpaired) electrons. The van der Waals surface area contributed by atoms with Crippen LogP contribution in [0, 0.1) is 0 Å². The number of aromatic hydroxyl groups is 1. The molecule has 0 spiro atoms. The quantitative estimate of drug-likeness (QED) is 0.854. The molecule has 1 amide bonds. The van der Waals surface area contributed by atoms with Crippen molar-refractivity contribution in [1.82, 2.24) is 25.5 Å². The van der Waals surface area contributed by atoms with E-state index in [2.05, 4.69) is 25.5 Å². The van der Waals surface area contributed by atoms with Crippen LogP contribution >= 0.6 is 0 Å². The van der Waals surface area contributed by atoms with E-state index in [-0.39, 0.29) is 18.5 Å². The molecular weight excluding hydrogens is 262 g/mol. The Morgan fingerprint density at radius 2 is 2.10 bits per heavy atom. The van der Waals surface area contributed by atoms with Gasteiger partial charge in [0, 0.05) is 18.5 Å². The number of carbonyl (C=O) groups excluding carboxylic acids is 1. The molecule has 0 bridgehead atoms. The van der Waals surface area contributed by atoms with E-state index in [0.29, 0.717) is 11.5 Å². The first-order valence-corrected chi connectivity index (χ1v) is 5.87. The molecule has 20 heavy (non-hydrogen) atoms. The van der Waals surface area contributed by atoms with Crippen molar-refractivity contribution >= 4 is 6.09 Å². The van der Waals surface area contributed by atoms with Gasteiger partial charge in [-0.2, -0.15) is 0 Å². The van der Waals surface area contributed by atoms with Crippen molar-refractivity contribution in [3.63, 3.8) is 0 Å². The first-order chi connectivity index (χ1) is 9.65. The number of nitrogens with one attached hydrogen (secondary N) is 1. The van der Waals surface area contributed by atoms with Gasteiger partial charge in [0.15, 0.2) is 0 Å². The summed E-state index contributed by atoms with van der Waals surface area (Å²) in [6.07, 6.45) is 2.58. The Labute approximate surface area is 114 Å². The molecule has 2 heterocycles. The molecule has 2 N–H and O–H groups in total. The molecule has 0 aliphatic carbocycles. The predicted octanol–water partition coefficient (Wildman–Crippen LogP) is 0.960. The van der Waals surface area contributed by atoms with E-state index in [1.165, 1.54) is 12.1 Å². The summed E-state index contributed by atoms with van der Waals surface area (Å²) in [6, 6.07) is 4.20. The lowest BCUT2D eigenvalue weighted by Gasteiger charge is -2.12. The molecule has 2 aromatic rings. The van der Waals surface area contributed by atoms with Crippen LogP contribution < -0.4 is 5.32 Å². The van der Waals surface area contributed by atoms with Crippen LogP contribution in [0.3, 0.4) is 0 Å². The van der Waals surface area contributed by atoms with Crippen LogP contribution in [-0.2, 0) is 11.3 Å². The first kappa shape index (κ1) is 13.7. The van der Waals surface area contributed by atoms with Gasteiger partial charge in [-0.25, -0.2) is 14.8 Å². The third-order valence-electron chi connectivity index (χ3n) is 2.36. The maximum atomic E-state index is 11.6. The van der Waals surface area contributed by atoms with Crippen molar-refractivity contribution in [2.24, 2.45) is 0 Å². The maximum Gasteiger partial charge on any atom is 0.408 e. The van der Waals surface area contributed by atoms with Gasteiger partial charge in [0.2, 0.25) is 5.88 Å². The number of amides is 1. The van der Waals surface area contributed by atoms with Gasteiger partial charge in [-0.15, -0.1) is 10.2 Å². The van der Waals surface area contributed by atoms with Gasteiger partial charge in [0.05, 0.1) is 6.04 Å². The predicted molar refractivity (Wildman–Crippen MR) is 67.5 cm³/mol. The van der Waals surface area contributed by atoms with Crippen LogP contribution in [0.5, 0.6) is 5.88 Å². The Kier molecular flexibility index (Phi) is 4.38. The van der Waals surface area contributed by atoms with Gasteiger partial charge in [-0.3, -0.25) is 0 Å². The molecule has 8 heteroatoms. The molecule has 0 aliphatic rings. The number of hydrogen-bond acceptors (Lipinski definition) is 7. The Morgan fingerprint density at radius 1 is 1.35 bits per heavy atom. The van der Waals surface area contributed by atoms with Gasteiger partial charge in [-0.1, -0.05) is 0 Å². The standard InChI is InChI=1S/C12H13N5O3/c1-8(11-13-5-2-6-14-11)15-12(19)20-7-9-3-4-10(18)17-16-9/h2-6,8H,7H2,1H3,(H,15,19)(H,17,18). The lowest BCUT2D eigenvalue weighted by atomic mass is 10.3. The van der Waals surface area contributed by atoms with Crippen LogP contribution in [0.2, 0.25) is 0 Å². The Morgan fingerprint density at radius 3 is 2.75 bits per heavy atom. The highest BCUT2D eigenvalue weighted by Crippen LogP contribution is 2.06. The molecule has 104 valence electrons. The highest BCUT2D eigenvalue weighted by molar-refractivity contribution is 5.67. The fourth-order valence-electron chi connectivity index (χ4n) is 1.39. The molecule has 0 saturated carbocycles. The van der Waals surface area contributed by atoms with E-state index in [9.17, 15) is 4.79 Å². The van der Waals surface area contributed by atoms with E-state index in [4.69, 9.17) is 9.84 Å². The summed E-state index contributed by atoms with van der Waals surface area (Å²) in [4.78, 5) is 19.6. The van der Waals surface area contributed by atoms with Gasteiger partial charge in [0.25, 0.3) is 0 Å². The van der Waals surface area contributed by atoms with Crippen LogP contribution in [0.15, 0.2) is 30.6 Å². The van der Waals surface area contributed by atoms with Crippen molar-refractivity contribution in [3.05, 3.63) is 42.1 Å². The van der Waals surface area contributed by atoms with Crippen LogP contribution in [0.25, 0.3) is 0 Å². The molecule has 1 atom stereocenters. The monoisotopic (exact) mass is 275 g/mol. The second-order valence-electron chi connectivity index (χ2n) is 3.93. The molecule has 1 unspecified atom stereocenters. The minimum atomic E-state index is -0.611. The molecule has 0 fully saturated rings. The van der Waals surface area contributed by atoms with Crippen LogP contribution in [0.1, 0.15) is 24.5 Å². The first-order valence-electron chi connectivity index (χ1n) is 5.87. The highest BCUT2D eigenvalue weighted by atomic mass is 16.5. The largest absolute Gasteiger partial charge is 0.492 e. The van der Waals surface area contributed by atoms with E-state index >= 15 is 0 Å². The van der Waals surface area contributed by atoms with E-state index in [1.807, 2.05) is 0 Å². The van der Waals surface area contributed by atoms with Crippen molar-refractivity contribution in [2.75, 3.05) is 0 Å². The molecule has 2 aromatic heterocycles. The average Bonchev–Trinajstić information content (AvgIpc) is 2.47. The minimum absolute atomic E-state index is 0.0402. The summed E-state index contributed by atoms with van der Waals surface area (Å²) < 4.78 is 4.97. The number of hydrogen-bond donors (Lipinski definition) is 2. The van der Waals surface area contributed by atoms with Gasteiger partial charge in [-0.05, 0) is 19.1 Å². The Bertz CT molecular complexity index is 561. The number of aromatic nitrogens is 4. The zero-order valence-electron chi connectivity index (χ0n) is 10.7. The van der Waals surface area contributed by atoms with Crippen molar-refractivity contribution in [1.29, 1.82) is 0 Å². The van der Waals surface area contributed by atoms with Crippen molar-refractivity contribution < 1.29 is 14.6 Å². The number of nitrogens with zero attached hydrogens (tertiary/aromatic N) is 4. The summed E-state index contributed by atoms with van der Waals surface area (Å²) in [6.45, 7) is 1.71. The number of alkyl carbamates (subject to hydrolysis) is 1. The smallest absolute Gasteiger partial charge is 0.408 e. The summed E-state index contributed by atoms with van der Waals surface area (Å²) in [5, 5.41) is 18.7. The van der Waals surface area contributed by atoms with Gasteiger partial charge in [0.1, 0.15) is 18.1 Å². The fourth-order valence-corrected chi connectivity index (χ4v) is 1.39. The molecule has 0 aromatic carbocycles. The van der Waals surface area contributed by atoms with Crippen LogP contribution in [-0.4, -0.2) is 31.4 Å². The zero-order chi connectivity index (χ0) is 14.4. The van der Waals surface area contributed by atoms with E-state index in [1.54, 1.807) is 25.4 Å². The lowest BCUT2D eigenvalue weighted by Crippen LogP contribution is -2.28. The highest BCUT2D eigenvalue weighted by Gasteiger charge is 2.12. The minimum Gasteiger partial charge on any atom is -0.492 e. The zero-order valence-corrected chi connectivity index (χ0v) is 10.7. The van der Waals surface area contributed by atoms with Gasteiger partial charge >= 0.3 is 6.09 Å².